The predicted molar refractivity (Wildman–Crippen MR) is 75.5 cm³/mol. The molecule has 2 N–H and O–H groups in total. The maximum atomic E-state index is 12.4. The normalized spacial score (nSPS) is 19.9. The Balaban J connectivity index is 2.18. The Morgan fingerprint density at radius 2 is 2.25 bits per heavy atom. The number of nitrogens with two attached hydrogens (primary N) is 1. The largest absolute Gasteiger partial charge is 0.338 e. The number of nitrogens with zero attached hydrogens (tertiary/aromatic N) is 2. The highest BCUT2D eigenvalue weighted by molar-refractivity contribution is 5.95. The molecule has 0 saturated carbocycles. The van der Waals surface area contributed by atoms with Crippen LogP contribution in [0.2, 0.25) is 0 Å². The van der Waals surface area contributed by atoms with Crippen molar-refractivity contribution in [2.24, 2.45) is 11.7 Å². The fourth-order valence-corrected chi connectivity index (χ4v) is 2.52. The van der Waals surface area contributed by atoms with E-state index in [1.54, 1.807) is 24.0 Å². The van der Waals surface area contributed by atoms with Crippen molar-refractivity contribution in [3.8, 4) is 0 Å². The summed E-state index contributed by atoms with van der Waals surface area (Å²) in [6.45, 7) is 4.88. The zero-order chi connectivity index (χ0) is 14.9. The first-order valence-electron chi connectivity index (χ1n) is 6.70. The Morgan fingerprint density at radius 3 is 2.80 bits per heavy atom. The number of hydrogen-bond donors (Lipinski definition) is 1. The molecule has 6 nitrogen and oxygen atoms in total. The fourth-order valence-electron chi connectivity index (χ4n) is 2.52. The number of hydrogen-bond acceptors (Lipinski definition) is 4. The number of nitro groups is 1. The summed E-state index contributed by atoms with van der Waals surface area (Å²) >= 11 is 0. The molecule has 1 heterocycles. The smallest absolute Gasteiger partial charge is 0.273 e. The zero-order valence-electron chi connectivity index (χ0n) is 11.7. The average Bonchev–Trinajstić information content (AvgIpc) is 2.87. The van der Waals surface area contributed by atoms with E-state index >= 15 is 0 Å². The van der Waals surface area contributed by atoms with Crippen LogP contribution >= 0.6 is 0 Å². The second kappa shape index (κ2) is 5.58. The molecule has 1 fully saturated rings. The minimum Gasteiger partial charge on any atom is -0.338 e. The first-order valence-corrected chi connectivity index (χ1v) is 6.70. The molecule has 1 saturated heterocycles. The molecule has 2 unspecified atom stereocenters. The van der Waals surface area contributed by atoms with Gasteiger partial charge in [-0.05, 0) is 32.3 Å². The van der Waals surface area contributed by atoms with Crippen LogP contribution in [0.5, 0.6) is 0 Å². The monoisotopic (exact) mass is 277 g/mol. The van der Waals surface area contributed by atoms with Gasteiger partial charge in [-0.25, -0.2) is 0 Å². The Hall–Kier alpha value is -1.95. The van der Waals surface area contributed by atoms with Gasteiger partial charge >= 0.3 is 0 Å². The van der Waals surface area contributed by atoms with E-state index in [0.29, 0.717) is 30.1 Å². The van der Waals surface area contributed by atoms with Crippen molar-refractivity contribution in [3.63, 3.8) is 0 Å². The lowest BCUT2D eigenvalue weighted by molar-refractivity contribution is -0.385. The molecule has 1 aromatic rings. The second-order valence-corrected chi connectivity index (χ2v) is 5.42. The summed E-state index contributed by atoms with van der Waals surface area (Å²) in [5.41, 5.74) is 6.77. The lowest BCUT2D eigenvalue weighted by Crippen LogP contribution is -2.33. The summed E-state index contributed by atoms with van der Waals surface area (Å²) in [5, 5.41) is 10.9. The van der Waals surface area contributed by atoms with E-state index < -0.39 is 4.92 Å². The van der Waals surface area contributed by atoms with Crippen LogP contribution in [-0.2, 0) is 0 Å². The highest BCUT2D eigenvalue weighted by atomic mass is 16.6. The molecule has 1 amide bonds. The molecule has 0 radical (unpaired) electrons. The molecule has 2 atom stereocenters. The van der Waals surface area contributed by atoms with E-state index in [9.17, 15) is 14.9 Å². The van der Waals surface area contributed by atoms with Crippen LogP contribution in [0.3, 0.4) is 0 Å². The third-order valence-electron chi connectivity index (χ3n) is 3.91. The first-order chi connectivity index (χ1) is 9.40. The van der Waals surface area contributed by atoms with E-state index in [4.69, 9.17) is 5.73 Å². The average molecular weight is 277 g/mol. The van der Waals surface area contributed by atoms with Crippen LogP contribution in [-0.4, -0.2) is 34.9 Å². The topological polar surface area (TPSA) is 89.5 Å². The number of nitro benzene ring substituents is 1. The maximum absolute atomic E-state index is 12.4. The molecule has 0 aliphatic carbocycles. The van der Waals surface area contributed by atoms with Crippen molar-refractivity contribution in [2.45, 2.75) is 26.3 Å². The van der Waals surface area contributed by atoms with Crippen molar-refractivity contribution in [3.05, 3.63) is 39.4 Å². The molecule has 1 aliphatic rings. The van der Waals surface area contributed by atoms with Gasteiger partial charge in [-0.2, -0.15) is 0 Å². The summed E-state index contributed by atoms with van der Waals surface area (Å²) in [7, 11) is 0. The standard InChI is InChI=1S/C14H19N3O3/c1-9-3-4-11(7-13(9)17(19)20)14(18)16-6-5-12(8-16)10(2)15/h3-4,7,10,12H,5-6,8,15H2,1-2H3. The molecule has 0 aromatic heterocycles. The van der Waals surface area contributed by atoms with Gasteiger partial charge < -0.3 is 10.6 Å². The summed E-state index contributed by atoms with van der Waals surface area (Å²) in [4.78, 5) is 24.6. The maximum Gasteiger partial charge on any atom is 0.273 e. The molecular formula is C14H19N3O3. The first kappa shape index (κ1) is 14.5. The van der Waals surface area contributed by atoms with Crippen molar-refractivity contribution >= 4 is 11.6 Å². The number of likely N-dealkylation sites (tertiary alicyclic amines) is 1. The Morgan fingerprint density at radius 1 is 1.55 bits per heavy atom. The van der Waals surface area contributed by atoms with Crippen LogP contribution in [0.25, 0.3) is 0 Å². The van der Waals surface area contributed by atoms with Crippen molar-refractivity contribution in [1.82, 2.24) is 4.90 Å². The Kier molecular flexibility index (Phi) is 4.04. The van der Waals surface area contributed by atoms with E-state index in [1.807, 2.05) is 6.92 Å². The van der Waals surface area contributed by atoms with Gasteiger partial charge in [0.25, 0.3) is 11.6 Å². The minimum atomic E-state index is -0.457. The molecule has 2 rings (SSSR count). The Bertz CT molecular complexity index is 542. The van der Waals surface area contributed by atoms with Crippen LogP contribution in [0.1, 0.15) is 29.3 Å². The molecule has 108 valence electrons. The Labute approximate surface area is 117 Å². The quantitative estimate of drug-likeness (QED) is 0.672. The second-order valence-electron chi connectivity index (χ2n) is 5.42. The lowest BCUT2D eigenvalue weighted by Gasteiger charge is -2.18. The number of amides is 1. The van der Waals surface area contributed by atoms with Crippen molar-refractivity contribution in [2.75, 3.05) is 13.1 Å². The highest BCUT2D eigenvalue weighted by Gasteiger charge is 2.29. The van der Waals surface area contributed by atoms with E-state index in [1.165, 1.54) is 6.07 Å². The molecule has 1 aliphatic heterocycles. The van der Waals surface area contributed by atoms with Gasteiger partial charge in [0.2, 0.25) is 0 Å². The van der Waals surface area contributed by atoms with Crippen molar-refractivity contribution < 1.29 is 9.72 Å². The van der Waals surface area contributed by atoms with Gasteiger partial charge in [0, 0.05) is 36.3 Å². The van der Waals surface area contributed by atoms with Crippen LogP contribution < -0.4 is 5.73 Å². The molecule has 1 aromatic carbocycles. The highest BCUT2D eigenvalue weighted by Crippen LogP contribution is 2.24. The summed E-state index contributed by atoms with van der Waals surface area (Å²) < 4.78 is 0. The zero-order valence-corrected chi connectivity index (χ0v) is 11.7. The van der Waals surface area contributed by atoms with E-state index in [-0.39, 0.29) is 17.6 Å². The van der Waals surface area contributed by atoms with E-state index in [2.05, 4.69) is 0 Å². The molecule has 0 bridgehead atoms. The predicted octanol–water partition coefficient (Wildman–Crippen LogP) is 1.71. The summed E-state index contributed by atoms with van der Waals surface area (Å²) in [5.74, 6) is 0.149. The minimum absolute atomic E-state index is 0.0150. The van der Waals surface area contributed by atoms with Gasteiger partial charge in [-0.1, -0.05) is 6.07 Å². The summed E-state index contributed by atoms with van der Waals surface area (Å²) in [6.07, 6.45) is 0.886. The SMILES string of the molecule is Cc1ccc(C(=O)N2CCC(C(C)N)C2)cc1[N+](=O)[O-]. The van der Waals surface area contributed by atoms with E-state index in [0.717, 1.165) is 6.42 Å². The third-order valence-corrected chi connectivity index (χ3v) is 3.91. The summed E-state index contributed by atoms with van der Waals surface area (Å²) in [6, 6.07) is 4.67. The number of benzene rings is 1. The number of carbonyl (C=O) groups is 1. The van der Waals surface area contributed by atoms with Crippen LogP contribution in [0, 0.1) is 23.0 Å². The third kappa shape index (κ3) is 2.80. The van der Waals surface area contributed by atoms with Gasteiger partial charge in [-0.15, -0.1) is 0 Å². The van der Waals surface area contributed by atoms with Gasteiger partial charge in [0.15, 0.2) is 0 Å². The molecular weight excluding hydrogens is 258 g/mol. The number of rotatable bonds is 3. The van der Waals surface area contributed by atoms with Gasteiger partial charge in [0.05, 0.1) is 4.92 Å². The number of carbonyl (C=O) groups excluding carboxylic acids is 1. The number of aryl methyl sites for hydroxylation is 1. The molecule has 6 heteroatoms. The van der Waals surface area contributed by atoms with Gasteiger partial charge in [0.1, 0.15) is 0 Å². The van der Waals surface area contributed by atoms with Crippen LogP contribution in [0.4, 0.5) is 5.69 Å². The van der Waals surface area contributed by atoms with Crippen molar-refractivity contribution in [1.29, 1.82) is 0 Å². The fraction of sp³-hybridized carbons (Fsp3) is 0.500. The van der Waals surface area contributed by atoms with Gasteiger partial charge in [-0.3, -0.25) is 14.9 Å². The van der Waals surface area contributed by atoms with Crippen LogP contribution in [0.15, 0.2) is 18.2 Å². The lowest BCUT2D eigenvalue weighted by atomic mass is 10.0. The molecule has 20 heavy (non-hydrogen) atoms. The molecule has 0 spiro atoms.